The largest absolute Gasteiger partial charge is 0.381 e. The number of hydrogen-bond donors (Lipinski definition) is 0. The van der Waals surface area contributed by atoms with Gasteiger partial charge < -0.3 is 9.64 Å². The minimum atomic E-state index is 0.366. The Balaban J connectivity index is 1.78. The lowest BCUT2D eigenvalue weighted by molar-refractivity contribution is 0.0263. The van der Waals surface area contributed by atoms with Crippen LogP contribution in [0.1, 0.15) is 12.8 Å². The van der Waals surface area contributed by atoms with Crippen molar-refractivity contribution in [3.8, 4) is 11.4 Å². The molecule has 0 atom stereocenters. The molecule has 6 nitrogen and oxygen atoms in total. The van der Waals surface area contributed by atoms with Gasteiger partial charge in [-0.05, 0) is 18.9 Å². The van der Waals surface area contributed by atoms with Gasteiger partial charge in [-0.3, -0.25) is 9.97 Å². The molecule has 0 aromatic carbocycles. The average molecular weight is 271 g/mol. The first-order chi connectivity index (χ1) is 9.78. The fourth-order valence-electron chi connectivity index (χ4n) is 2.30. The first-order valence-electron chi connectivity index (χ1n) is 6.63. The van der Waals surface area contributed by atoms with E-state index in [1.807, 2.05) is 13.1 Å². The third-order valence-corrected chi connectivity index (χ3v) is 3.73. The normalized spacial score (nSPS) is 21.3. The van der Waals surface area contributed by atoms with Gasteiger partial charge in [-0.2, -0.15) is 0 Å². The smallest absolute Gasteiger partial charge is 0.225 e. The first-order valence-corrected chi connectivity index (χ1v) is 6.63. The summed E-state index contributed by atoms with van der Waals surface area (Å²) in [7, 11) is 3.78. The van der Waals surface area contributed by atoms with Gasteiger partial charge in [0.1, 0.15) is 5.69 Å². The summed E-state index contributed by atoms with van der Waals surface area (Å²) in [6.07, 6.45) is 9.18. The fourth-order valence-corrected chi connectivity index (χ4v) is 2.30. The zero-order chi connectivity index (χ0) is 13.9. The Labute approximate surface area is 117 Å². The second-order valence-electron chi connectivity index (χ2n) is 4.93. The summed E-state index contributed by atoms with van der Waals surface area (Å²) in [5.41, 5.74) is 1.55. The maximum absolute atomic E-state index is 5.31. The zero-order valence-corrected chi connectivity index (χ0v) is 11.6. The van der Waals surface area contributed by atoms with E-state index in [0.717, 1.165) is 24.2 Å². The molecule has 0 unspecified atom stereocenters. The molecule has 20 heavy (non-hydrogen) atoms. The van der Waals surface area contributed by atoms with Crippen molar-refractivity contribution in [2.45, 2.75) is 25.0 Å². The second kappa shape index (κ2) is 5.50. The van der Waals surface area contributed by atoms with Crippen LogP contribution in [0.25, 0.3) is 11.4 Å². The summed E-state index contributed by atoms with van der Waals surface area (Å²) in [6.45, 7) is 0. The number of nitrogens with zero attached hydrogens (tertiary/aromatic N) is 5. The van der Waals surface area contributed by atoms with Crippen LogP contribution in [0.5, 0.6) is 0 Å². The molecule has 104 valence electrons. The van der Waals surface area contributed by atoms with E-state index in [9.17, 15) is 0 Å². The van der Waals surface area contributed by atoms with Gasteiger partial charge in [0.25, 0.3) is 0 Å². The van der Waals surface area contributed by atoms with Crippen molar-refractivity contribution in [1.82, 2.24) is 19.9 Å². The van der Waals surface area contributed by atoms with Gasteiger partial charge in [0.05, 0.1) is 18.0 Å². The molecule has 2 aromatic heterocycles. The van der Waals surface area contributed by atoms with Crippen LogP contribution in [0.4, 0.5) is 5.95 Å². The lowest BCUT2D eigenvalue weighted by Gasteiger charge is -2.40. The summed E-state index contributed by atoms with van der Waals surface area (Å²) in [6, 6.07) is 2.29. The Bertz CT molecular complexity index is 571. The molecule has 0 bridgehead atoms. The molecule has 0 saturated heterocycles. The van der Waals surface area contributed by atoms with E-state index in [-0.39, 0.29) is 0 Å². The molecular formula is C14H17N5O. The lowest BCUT2D eigenvalue weighted by Crippen LogP contribution is -2.46. The van der Waals surface area contributed by atoms with Gasteiger partial charge in [-0.15, -0.1) is 0 Å². The SMILES string of the molecule is COC1CC(N(C)c2nccc(-c3cnccn3)n2)C1. The highest BCUT2D eigenvalue weighted by Gasteiger charge is 2.33. The van der Waals surface area contributed by atoms with Crippen LogP contribution in [-0.4, -0.2) is 46.2 Å². The lowest BCUT2D eigenvalue weighted by atomic mass is 9.88. The molecule has 1 aliphatic rings. The third-order valence-electron chi connectivity index (χ3n) is 3.73. The molecule has 3 rings (SSSR count). The Kier molecular flexibility index (Phi) is 3.56. The summed E-state index contributed by atoms with van der Waals surface area (Å²) in [5.74, 6) is 0.715. The maximum Gasteiger partial charge on any atom is 0.225 e. The molecule has 2 heterocycles. The minimum absolute atomic E-state index is 0.366. The van der Waals surface area contributed by atoms with E-state index in [0.29, 0.717) is 18.1 Å². The third kappa shape index (κ3) is 2.46. The van der Waals surface area contributed by atoms with Gasteiger partial charge in [-0.25, -0.2) is 9.97 Å². The van der Waals surface area contributed by atoms with Crippen LogP contribution in [0.3, 0.4) is 0 Å². The van der Waals surface area contributed by atoms with Crippen LogP contribution in [0.15, 0.2) is 30.9 Å². The summed E-state index contributed by atoms with van der Waals surface area (Å²) in [5, 5.41) is 0. The average Bonchev–Trinajstić information content (AvgIpc) is 2.47. The van der Waals surface area contributed by atoms with Crippen molar-refractivity contribution >= 4 is 5.95 Å². The van der Waals surface area contributed by atoms with E-state index >= 15 is 0 Å². The number of methoxy groups -OCH3 is 1. The van der Waals surface area contributed by atoms with Crippen molar-refractivity contribution < 1.29 is 4.74 Å². The van der Waals surface area contributed by atoms with Crippen molar-refractivity contribution in [2.24, 2.45) is 0 Å². The summed E-state index contributed by atoms with van der Waals surface area (Å²) >= 11 is 0. The van der Waals surface area contributed by atoms with Gasteiger partial charge in [0.2, 0.25) is 5.95 Å². The maximum atomic E-state index is 5.31. The molecule has 0 amide bonds. The molecule has 0 N–H and O–H groups in total. The highest BCUT2D eigenvalue weighted by Crippen LogP contribution is 2.29. The quantitative estimate of drug-likeness (QED) is 0.840. The topological polar surface area (TPSA) is 64.0 Å². The van der Waals surface area contributed by atoms with Crippen LogP contribution in [0, 0.1) is 0 Å². The standard InChI is InChI=1S/C14H17N5O/c1-19(10-7-11(8-10)20-2)14-17-4-3-12(18-14)13-9-15-5-6-16-13/h3-6,9-11H,7-8H2,1-2H3. The van der Waals surface area contributed by atoms with Crippen LogP contribution in [0.2, 0.25) is 0 Å². The molecule has 6 heteroatoms. The minimum Gasteiger partial charge on any atom is -0.381 e. The zero-order valence-electron chi connectivity index (χ0n) is 11.6. The number of anilines is 1. The van der Waals surface area contributed by atoms with Crippen molar-refractivity contribution in [3.05, 3.63) is 30.9 Å². The number of rotatable bonds is 4. The molecule has 1 aliphatic carbocycles. The molecular weight excluding hydrogens is 254 g/mol. The molecule has 0 spiro atoms. The van der Waals surface area contributed by atoms with E-state index < -0.39 is 0 Å². The molecule has 1 saturated carbocycles. The predicted octanol–water partition coefficient (Wildman–Crippen LogP) is 1.55. The Morgan fingerprint density at radius 3 is 2.70 bits per heavy atom. The van der Waals surface area contributed by atoms with Crippen LogP contribution < -0.4 is 4.90 Å². The van der Waals surface area contributed by atoms with E-state index in [1.54, 1.807) is 31.9 Å². The van der Waals surface area contributed by atoms with Gasteiger partial charge in [-0.1, -0.05) is 0 Å². The number of ether oxygens (including phenoxy) is 1. The van der Waals surface area contributed by atoms with Crippen molar-refractivity contribution in [1.29, 1.82) is 0 Å². The fraction of sp³-hybridized carbons (Fsp3) is 0.429. The molecule has 0 radical (unpaired) electrons. The predicted molar refractivity (Wildman–Crippen MR) is 75.3 cm³/mol. The van der Waals surface area contributed by atoms with E-state index in [4.69, 9.17) is 4.74 Å². The van der Waals surface area contributed by atoms with Crippen LogP contribution >= 0.6 is 0 Å². The van der Waals surface area contributed by atoms with Gasteiger partial charge >= 0.3 is 0 Å². The van der Waals surface area contributed by atoms with Crippen molar-refractivity contribution in [2.75, 3.05) is 19.1 Å². The van der Waals surface area contributed by atoms with E-state index in [1.165, 1.54) is 0 Å². The van der Waals surface area contributed by atoms with Gasteiger partial charge in [0, 0.05) is 38.8 Å². The van der Waals surface area contributed by atoms with Gasteiger partial charge in [0.15, 0.2) is 0 Å². The summed E-state index contributed by atoms with van der Waals surface area (Å²) < 4.78 is 5.31. The number of aromatic nitrogens is 4. The molecule has 1 fully saturated rings. The highest BCUT2D eigenvalue weighted by atomic mass is 16.5. The Morgan fingerprint density at radius 2 is 2.00 bits per heavy atom. The molecule has 2 aromatic rings. The van der Waals surface area contributed by atoms with E-state index in [2.05, 4.69) is 24.8 Å². The van der Waals surface area contributed by atoms with Crippen molar-refractivity contribution in [3.63, 3.8) is 0 Å². The number of hydrogen-bond acceptors (Lipinski definition) is 6. The first kappa shape index (κ1) is 12.9. The van der Waals surface area contributed by atoms with Crippen LogP contribution in [-0.2, 0) is 4.74 Å². The second-order valence-corrected chi connectivity index (χ2v) is 4.93. The monoisotopic (exact) mass is 271 g/mol. The highest BCUT2D eigenvalue weighted by molar-refractivity contribution is 5.54. The summed E-state index contributed by atoms with van der Waals surface area (Å²) in [4.78, 5) is 19.3. The Morgan fingerprint density at radius 1 is 1.15 bits per heavy atom. The molecule has 0 aliphatic heterocycles. The Hall–Kier alpha value is -2.08.